The van der Waals surface area contributed by atoms with Crippen molar-refractivity contribution < 1.29 is 19.4 Å². The van der Waals surface area contributed by atoms with E-state index in [0.717, 1.165) is 22.6 Å². The highest BCUT2D eigenvalue weighted by Crippen LogP contribution is 2.36. The topological polar surface area (TPSA) is 92.9 Å². The zero-order valence-corrected chi connectivity index (χ0v) is 15.1. The Morgan fingerprint density at radius 1 is 1.35 bits per heavy atom. The molecule has 0 atom stereocenters. The van der Waals surface area contributed by atoms with E-state index in [1.165, 1.54) is 11.3 Å². The summed E-state index contributed by atoms with van der Waals surface area (Å²) in [5, 5.41) is 12.2. The first-order valence-corrected chi connectivity index (χ1v) is 9.18. The van der Waals surface area contributed by atoms with Crippen molar-refractivity contribution >= 4 is 33.9 Å². The maximum absolute atomic E-state index is 11.6. The number of hydrogen-bond donors (Lipinski definition) is 2. The lowest BCUT2D eigenvalue weighted by Gasteiger charge is -2.18. The van der Waals surface area contributed by atoms with Gasteiger partial charge < -0.3 is 15.2 Å². The van der Waals surface area contributed by atoms with Crippen LogP contribution in [-0.2, 0) is 17.6 Å². The van der Waals surface area contributed by atoms with Crippen LogP contribution in [0.4, 0.5) is 5.69 Å². The molecule has 0 aliphatic carbocycles. The first kappa shape index (κ1) is 16.6. The highest BCUT2D eigenvalue weighted by Gasteiger charge is 2.24. The Bertz CT molecular complexity index is 1050. The largest absolute Gasteiger partial charge is 0.482 e. The number of imidazole rings is 1. The number of aryl methyl sites for hydroxylation is 2. The van der Waals surface area contributed by atoms with E-state index >= 15 is 0 Å². The number of aromatic nitrogens is 2. The standard InChI is InChI=1S/C18H17N3O4S/c1-3-11-15(9-5-6-13-10(7-9)19-14(22)8-25-13)20-18-21(11)12(4-2)16(26-18)17(23)24/h5-7H,3-4,8H2,1-2H3,(H,19,22)(H,23,24). The Kier molecular flexibility index (Phi) is 3.91. The molecule has 0 saturated carbocycles. The van der Waals surface area contributed by atoms with Crippen LogP contribution in [-0.4, -0.2) is 33.0 Å². The number of anilines is 1. The van der Waals surface area contributed by atoms with Crippen LogP contribution in [0.3, 0.4) is 0 Å². The number of thiazole rings is 1. The SMILES string of the molecule is CCc1c(-c2ccc3c(c2)NC(=O)CO3)nc2sc(C(=O)O)c(CC)n12. The van der Waals surface area contributed by atoms with Crippen molar-refractivity contribution in [3.63, 3.8) is 0 Å². The molecule has 3 aromatic rings. The molecule has 8 heteroatoms. The number of nitrogens with zero attached hydrogens (tertiary/aromatic N) is 2. The van der Waals surface area contributed by atoms with Gasteiger partial charge in [0.25, 0.3) is 5.91 Å². The highest BCUT2D eigenvalue weighted by molar-refractivity contribution is 7.19. The zero-order valence-electron chi connectivity index (χ0n) is 14.3. The molecule has 1 aliphatic heterocycles. The minimum atomic E-state index is -0.922. The summed E-state index contributed by atoms with van der Waals surface area (Å²) in [5.74, 6) is -0.472. The maximum atomic E-state index is 11.6. The number of carbonyl (C=O) groups is 2. The summed E-state index contributed by atoms with van der Waals surface area (Å²) in [4.78, 5) is 28.8. The number of carboxylic acids is 1. The third-order valence-electron chi connectivity index (χ3n) is 4.42. The molecule has 134 valence electrons. The molecular formula is C18H17N3O4S. The summed E-state index contributed by atoms with van der Waals surface area (Å²) in [7, 11) is 0. The summed E-state index contributed by atoms with van der Waals surface area (Å²) in [5.41, 5.74) is 4.01. The van der Waals surface area contributed by atoms with Crippen molar-refractivity contribution in [1.82, 2.24) is 9.38 Å². The van der Waals surface area contributed by atoms with E-state index in [1.807, 2.05) is 36.4 Å². The summed E-state index contributed by atoms with van der Waals surface area (Å²) in [6.45, 7) is 3.98. The van der Waals surface area contributed by atoms with Gasteiger partial charge in [-0.2, -0.15) is 0 Å². The van der Waals surface area contributed by atoms with E-state index in [2.05, 4.69) is 5.32 Å². The van der Waals surface area contributed by atoms with E-state index in [4.69, 9.17) is 9.72 Å². The first-order chi connectivity index (χ1) is 12.5. The van der Waals surface area contributed by atoms with Gasteiger partial charge in [-0.05, 0) is 31.0 Å². The molecule has 0 spiro atoms. The Hall–Kier alpha value is -2.87. The molecule has 0 fully saturated rings. The minimum absolute atomic E-state index is 0.0184. The van der Waals surface area contributed by atoms with Crippen molar-refractivity contribution in [2.24, 2.45) is 0 Å². The fraction of sp³-hybridized carbons (Fsp3) is 0.278. The zero-order chi connectivity index (χ0) is 18.4. The Labute approximate surface area is 153 Å². The van der Waals surface area contributed by atoms with Crippen LogP contribution in [0.15, 0.2) is 18.2 Å². The fourth-order valence-electron chi connectivity index (χ4n) is 3.30. The van der Waals surface area contributed by atoms with Gasteiger partial charge in [0.1, 0.15) is 10.6 Å². The van der Waals surface area contributed by atoms with Crippen molar-refractivity contribution in [3.8, 4) is 17.0 Å². The van der Waals surface area contributed by atoms with Gasteiger partial charge in [0.2, 0.25) is 0 Å². The van der Waals surface area contributed by atoms with Gasteiger partial charge in [0, 0.05) is 11.3 Å². The number of ether oxygens (including phenoxy) is 1. The van der Waals surface area contributed by atoms with Gasteiger partial charge in [0.05, 0.1) is 17.1 Å². The van der Waals surface area contributed by atoms with Crippen LogP contribution in [0.1, 0.15) is 34.9 Å². The Balaban J connectivity index is 1.90. The molecule has 26 heavy (non-hydrogen) atoms. The van der Waals surface area contributed by atoms with Gasteiger partial charge in [-0.1, -0.05) is 25.2 Å². The lowest BCUT2D eigenvalue weighted by molar-refractivity contribution is -0.118. The quantitative estimate of drug-likeness (QED) is 0.735. The Morgan fingerprint density at radius 2 is 2.12 bits per heavy atom. The molecule has 0 saturated heterocycles. The number of benzene rings is 1. The molecule has 7 nitrogen and oxygen atoms in total. The number of fused-ring (bicyclic) bond motifs is 2. The minimum Gasteiger partial charge on any atom is -0.482 e. The molecule has 1 aromatic carbocycles. The molecule has 0 bridgehead atoms. The van der Waals surface area contributed by atoms with Crippen LogP contribution in [0.25, 0.3) is 16.2 Å². The number of carbonyl (C=O) groups excluding carboxylic acids is 1. The second kappa shape index (κ2) is 6.14. The van der Waals surface area contributed by atoms with Crippen molar-refractivity contribution in [3.05, 3.63) is 34.5 Å². The number of carboxylic acid groups (broad SMARTS) is 1. The molecule has 0 unspecified atom stereocenters. The van der Waals surface area contributed by atoms with Crippen LogP contribution in [0.2, 0.25) is 0 Å². The summed E-state index contributed by atoms with van der Waals surface area (Å²) >= 11 is 1.19. The number of aromatic carboxylic acids is 1. The van der Waals surface area contributed by atoms with Gasteiger partial charge in [-0.3, -0.25) is 9.20 Å². The second-order valence-electron chi connectivity index (χ2n) is 5.96. The van der Waals surface area contributed by atoms with Crippen LogP contribution in [0.5, 0.6) is 5.75 Å². The van der Waals surface area contributed by atoms with Crippen molar-refractivity contribution in [2.75, 3.05) is 11.9 Å². The molecular weight excluding hydrogens is 354 g/mol. The molecule has 4 rings (SSSR count). The van der Waals surface area contributed by atoms with E-state index in [-0.39, 0.29) is 12.5 Å². The highest BCUT2D eigenvalue weighted by atomic mass is 32.1. The number of amides is 1. The van der Waals surface area contributed by atoms with E-state index < -0.39 is 5.97 Å². The lowest BCUT2D eigenvalue weighted by Crippen LogP contribution is -2.25. The summed E-state index contributed by atoms with van der Waals surface area (Å²) in [6.07, 6.45) is 1.32. The molecule has 3 heterocycles. The fourth-order valence-corrected chi connectivity index (χ4v) is 4.37. The monoisotopic (exact) mass is 371 g/mol. The maximum Gasteiger partial charge on any atom is 0.347 e. The second-order valence-corrected chi connectivity index (χ2v) is 6.94. The third kappa shape index (κ3) is 2.45. The van der Waals surface area contributed by atoms with E-state index in [1.54, 1.807) is 0 Å². The first-order valence-electron chi connectivity index (χ1n) is 8.36. The Morgan fingerprint density at radius 3 is 2.81 bits per heavy atom. The van der Waals surface area contributed by atoms with Crippen molar-refractivity contribution in [1.29, 1.82) is 0 Å². The smallest absolute Gasteiger partial charge is 0.347 e. The van der Waals surface area contributed by atoms with Crippen LogP contribution >= 0.6 is 11.3 Å². The van der Waals surface area contributed by atoms with Crippen molar-refractivity contribution in [2.45, 2.75) is 26.7 Å². The predicted molar refractivity (Wildman–Crippen MR) is 98.3 cm³/mol. The van der Waals surface area contributed by atoms with E-state index in [9.17, 15) is 14.7 Å². The number of rotatable bonds is 4. The molecule has 2 aromatic heterocycles. The van der Waals surface area contributed by atoms with E-state index in [0.29, 0.717) is 34.1 Å². The molecule has 1 aliphatic rings. The number of hydrogen-bond acceptors (Lipinski definition) is 5. The molecule has 2 N–H and O–H groups in total. The van der Waals surface area contributed by atoms with Crippen LogP contribution < -0.4 is 10.1 Å². The van der Waals surface area contributed by atoms with Gasteiger partial charge in [-0.15, -0.1) is 0 Å². The van der Waals surface area contributed by atoms with Gasteiger partial charge in [0.15, 0.2) is 11.6 Å². The summed E-state index contributed by atoms with van der Waals surface area (Å²) in [6, 6.07) is 5.58. The lowest BCUT2D eigenvalue weighted by atomic mass is 10.1. The molecule has 1 amide bonds. The van der Waals surface area contributed by atoms with Gasteiger partial charge >= 0.3 is 5.97 Å². The third-order valence-corrected chi connectivity index (χ3v) is 5.49. The van der Waals surface area contributed by atoms with Gasteiger partial charge in [-0.25, -0.2) is 9.78 Å². The molecule has 0 radical (unpaired) electrons. The average molecular weight is 371 g/mol. The van der Waals surface area contributed by atoms with Crippen LogP contribution in [0, 0.1) is 0 Å². The average Bonchev–Trinajstić information content (AvgIpc) is 3.16. The summed E-state index contributed by atoms with van der Waals surface area (Å²) < 4.78 is 7.36. The predicted octanol–water partition coefficient (Wildman–Crippen LogP) is 3.22. The normalized spacial score (nSPS) is 13.4. The number of nitrogens with one attached hydrogen (secondary N) is 1.